The van der Waals surface area contributed by atoms with Crippen molar-refractivity contribution in [3.63, 3.8) is 0 Å². The van der Waals surface area contributed by atoms with Gasteiger partial charge in [-0.1, -0.05) is 18.3 Å². The van der Waals surface area contributed by atoms with Crippen LogP contribution < -0.4 is 11.1 Å². The minimum absolute atomic E-state index is 0.0745. The van der Waals surface area contributed by atoms with Gasteiger partial charge in [-0.2, -0.15) is 0 Å². The molecule has 98 valence electrons. The lowest BCUT2D eigenvalue weighted by atomic mass is 10.00. The van der Waals surface area contributed by atoms with Crippen LogP contribution in [0.3, 0.4) is 0 Å². The number of hydrogen-bond donors (Lipinski definition) is 2. The van der Waals surface area contributed by atoms with Crippen molar-refractivity contribution in [3.8, 4) is 0 Å². The highest BCUT2D eigenvalue weighted by atomic mass is 32.1. The van der Waals surface area contributed by atoms with E-state index in [1.165, 1.54) is 6.07 Å². The smallest absolute Gasteiger partial charge is 0.135 e. The van der Waals surface area contributed by atoms with Crippen LogP contribution in [0.15, 0.2) is 18.2 Å². The highest BCUT2D eigenvalue weighted by molar-refractivity contribution is 7.80. The molecule has 0 bridgehead atoms. The molecule has 0 aromatic heterocycles. The van der Waals surface area contributed by atoms with Crippen LogP contribution in [-0.4, -0.2) is 24.2 Å². The van der Waals surface area contributed by atoms with Gasteiger partial charge in [-0.3, -0.25) is 0 Å². The van der Waals surface area contributed by atoms with Crippen LogP contribution in [0.2, 0.25) is 0 Å². The lowest BCUT2D eigenvalue weighted by molar-refractivity contribution is 0.183. The molecule has 3 N–H and O–H groups in total. The number of rotatable bonds is 4. The number of nitrogens with two attached hydrogens (primary N) is 1. The standard InChI is InChI=1S/C13H17FN2OS/c1-8(9-5-6-17-7-9)16-11-4-2-3-10(14)12(11)13(15)18/h2-4,8-9,16H,5-7H2,1H3,(H2,15,18). The Balaban J connectivity index is 2.17. The first kappa shape index (κ1) is 13.2. The summed E-state index contributed by atoms with van der Waals surface area (Å²) >= 11 is 4.90. The Labute approximate surface area is 112 Å². The number of hydrogen-bond acceptors (Lipinski definition) is 3. The predicted octanol–water partition coefficient (Wildman–Crippen LogP) is 2.30. The first-order chi connectivity index (χ1) is 8.59. The van der Waals surface area contributed by atoms with Gasteiger partial charge in [0.25, 0.3) is 0 Å². The minimum Gasteiger partial charge on any atom is -0.389 e. The molecule has 0 radical (unpaired) electrons. The summed E-state index contributed by atoms with van der Waals surface area (Å²) in [5.74, 6) is 0.0508. The molecule has 1 heterocycles. The molecule has 18 heavy (non-hydrogen) atoms. The van der Waals surface area contributed by atoms with Crippen molar-refractivity contribution in [3.05, 3.63) is 29.6 Å². The molecule has 0 aliphatic carbocycles. The van der Waals surface area contributed by atoms with E-state index in [1.54, 1.807) is 12.1 Å². The molecule has 0 spiro atoms. The van der Waals surface area contributed by atoms with Crippen LogP contribution in [0.25, 0.3) is 0 Å². The number of ether oxygens (including phenoxy) is 1. The Kier molecular flexibility index (Phi) is 4.14. The number of nitrogens with one attached hydrogen (secondary N) is 1. The number of anilines is 1. The largest absolute Gasteiger partial charge is 0.389 e. The van der Waals surface area contributed by atoms with Gasteiger partial charge in [-0.05, 0) is 25.5 Å². The third-order valence-corrected chi connectivity index (χ3v) is 3.52. The molecule has 1 aliphatic rings. The van der Waals surface area contributed by atoms with Gasteiger partial charge in [0, 0.05) is 24.3 Å². The first-order valence-electron chi connectivity index (χ1n) is 6.02. The summed E-state index contributed by atoms with van der Waals surface area (Å²) in [6.45, 7) is 3.60. The second kappa shape index (κ2) is 5.63. The monoisotopic (exact) mass is 268 g/mol. The molecule has 1 aromatic carbocycles. The molecule has 2 atom stereocenters. The van der Waals surface area contributed by atoms with Gasteiger partial charge in [0.05, 0.1) is 12.2 Å². The maximum absolute atomic E-state index is 13.7. The van der Waals surface area contributed by atoms with E-state index in [4.69, 9.17) is 22.7 Å². The molecule has 0 saturated carbocycles. The van der Waals surface area contributed by atoms with E-state index in [-0.39, 0.29) is 16.8 Å². The maximum atomic E-state index is 13.7. The fraction of sp³-hybridized carbons (Fsp3) is 0.462. The summed E-state index contributed by atoms with van der Waals surface area (Å²) in [4.78, 5) is 0.0745. The van der Waals surface area contributed by atoms with E-state index in [0.29, 0.717) is 17.2 Å². The fourth-order valence-corrected chi connectivity index (χ4v) is 2.41. The zero-order valence-corrected chi connectivity index (χ0v) is 11.1. The molecule has 2 rings (SSSR count). The second-order valence-corrected chi connectivity index (χ2v) is 5.02. The summed E-state index contributed by atoms with van der Waals surface area (Å²) in [6, 6.07) is 5.01. The average Bonchev–Trinajstić information content (AvgIpc) is 2.81. The van der Waals surface area contributed by atoms with Crippen LogP contribution in [0.4, 0.5) is 10.1 Å². The molecule has 1 saturated heterocycles. The molecule has 0 amide bonds. The van der Waals surface area contributed by atoms with Crippen molar-refractivity contribution in [2.75, 3.05) is 18.5 Å². The van der Waals surface area contributed by atoms with Gasteiger partial charge in [-0.25, -0.2) is 4.39 Å². The zero-order valence-electron chi connectivity index (χ0n) is 10.3. The van der Waals surface area contributed by atoms with Crippen LogP contribution >= 0.6 is 12.2 Å². The number of halogens is 1. The molecular formula is C13H17FN2OS. The molecule has 1 fully saturated rings. The SMILES string of the molecule is CC(Nc1cccc(F)c1C(N)=S)C1CCOC1. The van der Waals surface area contributed by atoms with Gasteiger partial charge in [-0.15, -0.1) is 0 Å². The van der Waals surface area contributed by atoms with E-state index in [2.05, 4.69) is 12.2 Å². The van der Waals surface area contributed by atoms with Crippen molar-refractivity contribution >= 4 is 22.9 Å². The Morgan fingerprint density at radius 2 is 2.39 bits per heavy atom. The van der Waals surface area contributed by atoms with Gasteiger partial charge in [0.15, 0.2) is 0 Å². The number of thiocarbonyl (C=S) groups is 1. The summed E-state index contributed by atoms with van der Waals surface area (Å²) in [5.41, 5.74) is 6.52. The third-order valence-electron chi connectivity index (χ3n) is 3.32. The topological polar surface area (TPSA) is 47.3 Å². The summed E-state index contributed by atoms with van der Waals surface area (Å²) in [6.07, 6.45) is 1.02. The highest BCUT2D eigenvalue weighted by Gasteiger charge is 2.23. The lowest BCUT2D eigenvalue weighted by Gasteiger charge is -2.22. The molecule has 2 unspecified atom stereocenters. The van der Waals surface area contributed by atoms with Crippen molar-refractivity contribution in [2.45, 2.75) is 19.4 Å². The van der Waals surface area contributed by atoms with Crippen molar-refractivity contribution in [2.24, 2.45) is 11.7 Å². The van der Waals surface area contributed by atoms with Gasteiger partial charge >= 0.3 is 0 Å². The fourth-order valence-electron chi connectivity index (χ4n) is 2.21. The van der Waals surface area contributed by atoms with E-state index in [0.717, 1.165) is 19.6 Å². The van der Waals surface area contributed by atoms with E-state index in [9.17, 15) is 4.39 Å². The van der Waals surface area contributed by atoms with Crippen LogP contribution in [0, 0.1) is 11.7 Å². The Bertz CT molecular complexity index is 447. The van der Waals surface area contributed by atoms with Crippen LogP contribution in [0.1, 0.15) is 18.9 Å². The van der Waals surface area contributed by atoms with E-state index >= 15 is 0 Å². The quantitative estimate of drug-likeness (QED) is 0.823. The van der Waals surface area contributed by atoms with Crippen LogP contribution in [0.5, 0.6) is 0 Å². The molecule has 1 aliphatic heterocycles. The highest BCUT2D eigenvalue weighted by Crippen LogP contribution is 2.24. The molecule has 1 aromatic rings. The Hall–Kier alpha value is -1.20. The summed E-state index contributed by atoms with van der Waals surface area (Å²) in [7, 11) is 0. The van der Waals surface area contributed by atoms with Gasteiger partial charge in [0.1, 0.15) is 10.8 Å². The minimum atomic E-state index is -0.387. The van der Waals surface area contributed by atoms with Crippen molar-refractivity contribution < 1.29 is 9.13 Å². The third kappa shape index (κ3) is 2.79. The Morgan fingerprint density at radius 1 is 1.61 bits per heavy atom. The lowest BCUT2D eigenvalue weighted by Crippen LogP contribution is -2.28. The maximum Gasteiger partial charge on any atom is 0.135 e. The van der Waals surface area contributed by atoms with E-state index < -0.39 is 0 Å². The van der Waals surface area contributed by atoms with Crippen molar-refractivity contribution in [1.29, 1.82) is 0 Å². The number of benzene rings is 1. The van der Waals surface area contributed by atoms with Crippen LogP contribution in [-0.2, 0) is 4.74 Å². The van der Waals surface area contributed by atoms with Gasteiger partial charge < -0.3 is 15.8 Å². The van der Waals surface area contributed by atoms with Crippen molar-refractivity contribution in [1.82, 2.24) is 0 Å². The van der Waals surface area contributed by atoms with E-state index in [1.807, 2.05) is 0 Å². The average molecular weight is 268 g/mol. The summed E-state index contributed by atoms with van der Waals surface area (Å²) < 4.78 is 19.0. The normalized spacial score (nSPS) is 20.7. The molecule has 5 heteroatoms. The zero-order chi connectivity index (χ0) is 13.1. The van der Waals surface area contributed by atoms with Gasteiger partial charge in [0.2, 0.25) is 0 Å². The summed E-state index contributed by atoms with van der Waals surface area (Å²) in [5, 5.41) is 3.29. The second-order valence-electron chi connectivity index (χ2n) is 4.58. The molecule has 3 nitrogen and oxygen atoms in total. The molecular weight excluding hydrogens is 251 g/mol. The predicted molar refractivity (Wildman–Crippen MR) is 74.3 cm³/mol. The Morgan fingerprint density at radius 3 is 3.00 bits per heavy atom. The first-order valence-corrected chi connectivity index (χ1v) is 6.43.